The Morgan fingerprint density at radius 1 is 1.13 bits per heavy atom. The molecule has 0 aliphatic carbocycles. The molecule has 0 saturated heterocycles. The summed E-state index contributed by atoms with van der Waals surface area (Å²) in [6.07, 6.45) is 1.21. The number of hydrogen-bond donors (Lipinski definition) is 2. The molecule has 2 amide bonds. The van der Waals surface area contributed by atoms with Crippen LogP contribution in [0.5, 0.6) is 0 Å². The van der Waals surface area contributed by atoms with E-state index in [-0.39, 0.29) is 0 Å². The number of carbonyl (C=O) groups is 2. The second kappa shape index (κ2) is 7.55. The van der Waals surface area contributed by atoms with E-state index in [9.17, 15) is 4.79 Å². The molecule has 1 aromatic rings. The zero-order valence-corrected chi connectivity index (χ0v) is 8.77. The van der Waals surface area contributed by atoms with Gasteiger partial charge in [-0.15, -0.1) is 0 Å². The number of ketones is 1. The van der Waals surface area contributed by atoms with E-state index in [1.54, 1.807) is 0 Å². The molecule has 0 saturated carbocycles. The zero-order chi connectivity index (χ0) is 11.7. The number of benzene rings is 1. The lowest BCUT2D eigenvalue weighted by molar-refractivity contribution is -0.118. The van der Waals surface area contributed by atoms with Gasteiger partial charge in [0.05, 0.1) is 0 Å². The van der Waals surface area contributed by atoms with Gasteiger partial charge in [-0.3, -0.25) is 4.79 Å². The topological polar surface area (TPSA) is 86.2 Å². The molecule has 15 heavy (non-hydrogen) atoms. The maximum Gasteiger partial charge on any atom is 0.309 e. The molecule has 82 valence electrons. The predicted octanol–water partition coefficient (Wildman–Crippen LogP) is 1.23. The van der Waals surface area contributed by atoms with Gasteiger partial charge < -0.3 is 11.5 Å². The number of urea groups is 1. The summed E-state index contributed by atoms with van der Waals surface area (Å²) in [7, 11) is 0. The Morgan fingerprint density at radius 2 is 1.60 bits per heavy atom. The molecule has 0 fully saturated rings. The molecule has 0 aliphatic heterocycles. The van der Waals surface area contributed by atoms with Crippen molar-refractivity contribution in [3.63, 3.8) is 0 Å². The average Bonchev–Trinajstić information content (AvgIpc) is 2.18. The quantitative estimate of drug-likeness (QED) is 0.782. The molecule has 4 nitrogen and oxygen atoms in total. The third-order valence-electron chi connectivity index (χ3n) is 1.64. The van der Waals surface area contributed by atoms with Gasteiger partial charge in [-0.25, -0.2) is 4.79 Å². The van der Waals surface area contributed by atoms with Crippen molar-refractivity contribution in [1.82, 2.24) is 0 Å². The number of Topliss-reactive ketones (excluding diaryl/α,β-unsaturated/α-hetero) is 1. The van der Waals surface area contributed by atoms with Gasteiger partial charge in [0.2, 0.25) is 0 Å². The third kappa shape index (κ3) is 8.49. The van der Waals surface area contributed by atoms with Gasteiger partial charge in [0, 0.05) is 12.8 Å². The summed E-state index contributed by atoms with van der Waals surface area (Å²) >= 11 is 0. The molecule has 4 N–H and O–H groups in total. The first-order chi connectivity index (χ1) is 7.06. The monoisotopic (exact) mass is 208 g/mol. The summed E-state index contributed by atoms with van der Waals surface area (Å²) in [6, 6.07) is 9.00. The molecule has 0 spiro atoms. The van der Waals surface area contributed by atoms with Crippen LogP contribution in [-0.2, 0) is 11.2 Å². The van der Waals surface area contributed by atoms with Crippen LogP contribution in [0.1, 0.15) is 18.9 Å². The van der Waals surface area contributed by atoms with Crippen molar-refractivity contribution in [3.8, 4) is 0 Å². The lowest BCUT2D eigenvalue weighted by Crippen LogP contribution is -2.18. The van der Waals surface area contributed by atoms with Crippen molar-refractivity contribution in [2.24, 2.45) is 11.5 Å². The third-order valence-corrected chi connectivity index (χ3v) is 1.64. The van der Waals surface area contributed by atoms with Gasteiger partial charge in [0.1, 0.15) is 5.78 Å². The molecule has 0 unspecified atom stereocenters. The second-order valence-electron chi connectivity index (χ2n) is 2.96. The second-order valence-corrected chi connectivity index (χ2v) is 2.96. The van der Waals surface area contributed by atoms with Crippen molar-refractivity contribution < 1.29 is 9.59 Å². The van der Waals surface area contributed by atoms with Gasteiger partial charge in [0.15, 0.2) is 0 Å². The minimum atomic E-state index is -0.833. The Hall–Kier alpha value is -1.84. The van der Waals surface area contributed by atoms with Crippen LogP contribution in [0, 0.1) is 0 Å². The zero-order valence-electron chi connectivity index (χ0n) is 8.77. The van der Waals surface area contributed by atoms with Gasteiger partial charge in [-0.2, -0.15) is 0 Å². The summed E-state index contributed by atoms with van der Waals surface area (Å²) in [5, 5.41) is 0. The van der Waals surface area contributed by atoms with Crippen LogP contribution >= 0.6 is 0 Å². The van der Waals surface area contributed by atoms with Crippen molar-refractivity contribution in [2.75, 3.05) is 0 Å². The van der Waals surface area contributed by atoms with Crippen LogP contribution in [0.25, 0.3) is 0 Å². The highest BCUT2D eigenvalue weighted by Gasteiger charge is 1.98. The molecule has 4 heteroatoms. The van der Waals surface area contributed by atoms with Gasteiger partial charge in [-0.1, -0.05) is 37.3 Å². The smallest absolute Gasteiger partial charge is 0.309 e. The normalized spacial score (nSPS) is 8.60. The van der Waals surface area contributed by atoms with Crippen LogP contribution in [0.4, 0.5) is 4.79 Å². The first-order valence-corrected chi connectivity index (χ1v) is 4.66. The average molecular weight is 208 g/mol. The van der Waals surface area contributed by atoms with Crippen LogP contribution in [0.2, 0.25) is 0 Å². The Balaban J connectivity index is 0.000000423. The molecule has 0 aromatic heterocycles. The molecular weight excluding hydrogens is 192 g/mol. The standard InChI is InChI=1S/C10H12O.CH4N2O/c1-2-10(11)8-9-6-4-3-5-7-9;2-1(3)4/h3-7H,2,8H2,1H3;(H4,2,3,4). The van der Waals surface area contributed by atoms with E-state index in [1.165, 1.54) is 0 Å². The van der Waals surface area contributed by atoms with Crippen molar-refractivity contribution >= 4 is 11.8 Å². The van der Waals surface area contributed by atoms with E-state index in [0.29, 0.717) is 18.6 Å². The minimum Gasteiger partial charge on any atom is -0.352 e. The van der Waals surface area contributed by atoms with Gasteiger partial charge >= 0.3 is 6.03 Å². The highest BCUT2D eigenvalue weighted by molar-refractivity contribution is 5.80. The van der Waals surface area contributed by atoms with E-state index in [0.717, 1.165) is 5.56 Å². The van der Waals surface area contributed by atoms with Crippen LogP contribution in [0.3, 0.4) is 0 Å². The lowest BCUT2D eigenvalue weighted by atomic mass is 10.1. The Morgan fingerprint density at radius 3 is 2.00 bits per heavy atom. The Bertz CT molecular complexity index is 306. The lowest BCUT2D eigenvalue weighted by Gasteiger charge is -1.96. The SMILES string of the molecule is CCC(=O)Cc1ccccc1.NC(N)=O. The number of amides is 2. The number of primary amides is 2. The number of rotatable bonds is 3. The predicted molar refractivity (Wildman–Crippen MR) is 59.2 cm³/mol. The van der Waals surface area contributed by atoms with Gasteiger partial charge in [-0.05, 0) is 5.56 Å². The van der Waals surface area contributed by atoms with Crippen molar-refractivity contribution in [1.29, 1.82) is 0 Å². The molecular formula is C11H16N2O2. The van der Waals surface area contributed by atoms with Crippen LogP contribution in [0.15, 0.2) is 30.3 Å². The fourth-order valence-electron chi connectivity index (χ4n) is 0.949. The Labute approximate surface area is 89.3 Å². The maximum absolute atomic E-state index is 11.0. The molecule has 0 heterocycles. The largest absolute Gasteiger partial charge is 0.352 e. The van der Waals surface area contributed by atoms with E-state index < -0.39 is 6.03 Å². The number of hydrogen-bond acceptors (Lipinski definition) is 2. The molecule has 0 radical (unpaired) electrons. The summed E-state index contributed by atoms with van der Waals surface area (Å²) in [5.74, 6) is 0.302. The van der Waals surface area contributed by atoms with Crippen LogP contribution in [-0.4, -0.2) is 11.8 Å². The maximum atomic E-state index is 11.0. The summed E-state index contributed by atoms with van der Waals surface area (Å²) in [4.78, 5) is 20.0. The van der Waals surface area contributed by atoms with E-state index in [2.05, 4.69) is 11.5 Å². The van der Waals surface area contributed by atoms with Gasteiger partial charge in [0.25, 0.3) is 0 Å². The highest BCUT2D eigenvalue weighted by atomic mass is 16.2. The Kier molecular flexibility index (Phi) is 6.63. The fraction of sp³-hybridized carbons (Fsp3) is 0.273. The first kappa shape index (κ1) is 13.2. The van der Waals surface area contributed by atoms with Crippen molar-refractivity contribution in [3.05, 3.63) is 35.9 Å². The number of nitrogens with two attached hydrogens (primary N) is 2. The van der Waals surface area contributed by atoms with E-state index in [4.69, 9.17) is 4.79 Å². The summed E-state index contributed by atoms with van der Waals surface area (Å²) < 4.78 is 0. The first-order valence-electron chi connectivity index (χ1n) is 4.66. The minimum absolute atomic E-state index is 0.302. The summed E-state index contributed by atoms with van der Waals surface area (Å²) in [5.41, 5.74) is 9.61. The fourth-order valence-corrected chi connectivity index (χ4v) is 0.949. The molecule has 0 atom stereocenters. The highest BCUT2D eigenvalue weighted by Crippen LogP contribution is 2.00. The molecule has 0 aliphatic rings. The van der Waals surface area contributed by atoms with Crippen molar-refractivity contribution in [2.45, 2.75) is 19.8 Å². The van der Waals surface area contributed by atoms with E-state index >= 15 is 0 Å². The van der Waals surface area contributed by atoms with E-state index in [1.807, 2.05) is 37.3 Å². The molecule has 1 aromatic carbocycles. The molecule has 1 rings (SSSR count). The number of carbonyl (C=O) groups excluding carboxylic acids is 2. The van der Waals surface area contributed by atoms with Crippen LogP contribution < -0.4 is 11.5 Å². The summed E-state index contributed by atoms with van der Waals surface area (Å²) in [6.45, 7) is 1.89. The molecule has 0 bridgehead atoms.